The van der Waals surface area contributed by atoms with Crippen molar-refractivity contribution in [1.82, 2.24) is 21.3 Å². The molecule has 13 nitrogen and oxygen atoms in total. The minimum absolute atomic E-state index is 0.0234. The van der Waals surface area contributed by atoms with Crippen LogP contribution in [0.4, 0.5) is 4.79 Å². The number of amides is 4. The van der Waals surface area contributed by atoms with Crippen molar-refractivity contribution < 1.29 is 43.0 Å². The smallest absolute Gasteiger partial charge is 0.407 e. The minimum Gasteiger partial charge on any atom is -0.469 e. The van der Waals surface area contributed by atoms with Gasteiger partial charge in [0.25, 0.3) is 0 Å². The maximum Gasteiger partial charge on any atom is 0.407 e. The number of carbonyl (C=O) groups is 6. The van der Waals surface area contributed by atoms with Crippen LogP contribution in [0, 0.1) is 23.7 Å². The Morgan fingerprint density at radius 2 is 1.26 bits per heavy atom. The van der Waals surface area contributed by atoms with Crippen LogP contribution < -0.4 is 21.3 Å². The highest BCUT2D eigenvalue weighted by atomic mass is 16.5. The number of nitrogens with one attached hydrogen (secondary N) is 4. The van der Waals surface area contributed by atoms with Gasteiger partial charge in [-0.25, -0.2) is 9.59 Å². The molecule has 0 aromatic heterocycles. The summed E-state index contributed by atoms with van der Waals surface area (Å²) in [5, 5.41) is 10.2. The van der Waals surface area contributed by atoms with Crippen LogP contribution in [0.1, 0.15) is 38.8 Å². The van der Waals surface area contributed by atoms with Gasteiger partial charge in [0.15, 0.2) is 0 Å². The zero-order valence-electron chi connectivity index (χ0n) is 26.6. The third-order valence-electron chi connectivity index (χ3n) is 7.42. The second-order valence-electron chi connectivity index (χ2n) is 11.6. The maximum atomic E-state index is 13.3. The predicted molar refractivity (Wildman–Crippen MR) is 165 cm³/mol. The molecule has 0 unspecified atom stereocenters. The van der Waals surface area contributed by atoms with E-state index >= 15 is 0 Å². The van der Waals surface area contributed by atoms with Gasteiger partial charge in [0, 0.05) is 0 Å². The standard InChI is InChI=1S/C33H42N4O9/c1-19(2)26(35-23(38)16-34-33(43)46-18-22-14-10-7-11-15-22)30(40)37-28-24(25(28)31(41)44-5)29(39)36-27(20(3)4)32(42)45-17-21-12-8-6-9-13-21/h6-15,19-20,24-28H,16-18H2,1-5H3,(H,34,43)(H,35,38)(H,36,39)(H,37,40)/t24-,25-,26-,27-,28-/m0/s1. The lowest BCUT2D eigenvalue weighted by molar-refractivity contribution is -0.150. The van der Waals surface area contributed by atoms with E-state index in [-0.39, 0.29) is 25.0 Å². The Hall–Kier alpha value is -4.94. The fourth-order valence-electron chi connectivity index (χ4n) is 4.75. The third kappa shape index (κ3) is 10.3. The molecule has 1 aliphatic carbocycles. The van der Waals surface area contributed by atoms with E-state index in [1.54, 1.807) is 64.1 Å². The Morgan fingerprint density at radius 1 is 0.717 bits per heavy atom. The number of esters is 2. The number of methoxy groups -OCH3 is 1. The first kappa shape index (κ1) is 35.5. The van der Waals surface area contributed by atoms with Crippen LogP contribution in [-0.2, 0) is 51.4 Å². The van der Waals surface area contributed by atoms with Crippen LogP contribution in [0.5, 0.6) is 0 Å². The largest absolute Gasteiger partial charge is 0.469 e. The molecule has 5 atom stereocenters. The first-order valence-corrected chi connectivity index (χ1v) is 15.1. The molecular formula is C33H42N4O9. The number of rotatable bonds is 15. The fraction of sp³-hybridized carbons (Fsp3) is 0.455. The Balaban J connectivity index is 1.56. The van der Waals surface area contributed by atoms with E-state index in [2.05, 4.69) is 21.3 Å². The highest BCUT2D eigenvalue weighted by molar-refractivity contribution is 5.97. The average molecular weight is 639 g/mol. The molecular weight excluding hydrogens is 596 g/mol. The topological polar surface area (TPSA) is 178 Å². The Morgan fingerprint density at radius 3 is 1.78 bits per heavy atom. The molecule has 13 heteroatoms. The van der Waals surface area contributed by atoms with E-state index in [1.807, 2.05) is 24.3 Å². The van der Waals surface area contributed by atoms with Gasteiger partial charge in [-0.1, -0.05) is 88.4 Å². The molecule has 1 aliphatic rings. The van der Waals surface area contributed by atoms with Gasteiger partial charge in [-0.2, -0.15) is 0 Å². The number of benzene rings is 2. The molecule has 0 heterocycles. The van der Waals surface area contributed by atoms with E-state index < -0.39 is 72.3 Å². The van der Waals surface area contributed by atoms with Crippen LogP contribution in [0.15, 0.2) is 60.7 Å². The summed E-state index contributed by atoms with van der Waals surface area (Å²) < 4.78 is 15.3. The van der Waals surface area contributed by atoms with Crippen LogP contribution in [-0.4, -0.2) is 67.5 Å². The molecule has 4 N–H and O–H groups in total. The second kappa shape index (κ2) is 16.9. The van der Waals surface area contributed by atoms with Crippen LogP contribution >= 0.6 is 0 Å². The lowest BCUT2D eigenvalue weighted by Crippen LogP contribution is -2.53. The van der Waals surface area contributed by atoms with Gasteiger partial charge in [-0.3, -0.25) is 19.2 Å². The van der Waals surface area contributed by atoms with Gasteiger partial charge < -0.3 is 35.5 Å². The van der Waals surface area contributed by atoms with E-state index in [4.69, 9.17) is 14.2 Å². The molecule has 0 bridgehead atoms. The van der Waals surface area contributed by atoms with Gasteiger partial charge >= 0.3 is 18.0 Å². The molecule has 3 rings (SSSR count). The summed E-state index contributed by atoms with van der Waals surface area (Å²) in [5.74, 6) is -5.97. The zero-order chi connectivity index (χ0) is 33.8. The maximum absolute atomic E-state index is 13.3. The molecule has 248 valence electrons. The fourth-order valence-corrected chi connectivity index (χ4v) is 4.75. The Labute approximate surface area is 268 Å². The number of carbonyl (C=O) groups excluding carboxylic acids is 6. The normalized spacial score (nSPS) is 18.0. The Bertz CT molecular complexity index is 1370. The molecule has 0 aliphatic heterocycles. The Kier molecular flexibility index (Phi) is 13.1. The molecule has 2 aromatic carbocycles. The molecule has 1 fully saturated rings. The predicted octanol–water partition coefficient (Wildman–Crippen LogP) is 1.84. The van der Waals surface area contributed by atoms with Crippen molar-refractivity contribution in [2.24, 2.45) is 23.7 Å². The number of hydrogen-bond donors (Lipinski definition) is 4. The molecule has 2 aromatic rings. The van der Waals surface area contributed by atoms with Crippen molar-refractivity contribution >= 4 is 35.8 Å². The van der Waals surface area contributed by atoms with Crippen molar-refractivity contribution in [3.05, 3.63) is 71.8 Å². The van der Waals surface area contributed by atoms with Gasteiger partial charge in [-0.05, 0) is 23.0 Å². The molecule has 0 spiro atoms. The number of ether oxygens (including phenoxy) is 3. The quantitative estimate of drug-likeness (QED) is 0.167. The lowest BCUT2D eigenvalue weighted by Gasteiger charge is -2.22. The van der Waals surface area contributed by atoms with Crippen LogP contribution in [0.3, 0.4) is 0 Å². The highest BCUT2D eigenvalue weighted by Gasteiger charge is 2.61. The van der Waals surface area contributed by atoms with Crippen molar-refractivity contribution in [3.63, 3.8) is 0 Å². The second-order valence-corrected chi connectivity index (χ2v) is 11.6. The van der Waals surface area contributed by atoms with E-state index in [1.165, 1.54) is 7.11 Å². The van der Waals surface area contributed by atoms with E-state index in [0.717, 1.165) is 11.1 Å². The van der Waals surface area contributed by atoms with Crippen molar-refractivity contribution in [2.75, 3.05) is 13.7 Å². The molecule has 1 saturated carbocycles. The summed E-state index contributed by atoms with van der Waals surface area (Å²) in [5.41, 5.74) is 1.56. The van der Waals surface area contributed by atoms with Crippen LogP contribution in [0.2, 0.25) is 0 Å². The molecule has 0 radical (unpaired) electrons. The number of alkyl carbamates (subject to hydrolysis) is 1. The first-order chi connectivity index (χ1) is 21.9. The third-order valence-corrected chi connectivity index (χ3v) is 7.42. The van der Waals surface area contributed by atoms with Gasteiger partial charge in [0.05, 0.1) is 25.0 Å². The minimum atomic E-state index is -1.05. The molecule has 46 heavy (non-hydrogen) atoms. The zero-order valence-corrected chi connectivity index (χ0v) is 26.6. The summed E-state index contributed by atoms with van der Waals surface area (Å²) in [6.45, 7) is 6.50. The van der Waals surface area contributed by atoms with Crippen molar-refractivity contribution in [2.45, 2.75) is 59.0 Å². The van der Waals surface area contributed by atoms with Crippen molar-refractivity contribution in [1.29, 1.82) is 0 Å². The summed E-state index contributed by atoms with van der Waals surface area (Å²) in [6.07, 6.45) is -0.805. The lowest BCUT2D eigenvalue weighted by atomic mass is 10.0. The van der Waals surface area contributed by atoms with E-state index in [0.29, 0.717) is 0 Å². The monoisotopic (exact) mass is 638 g/mol. The van der Waals surface area contributed by atoms with E-state index in [9.17, 15) is 28.8 Å². The molecule has 0 saturated heterocycles. The number of hydrogen-bond acceptors (Lipinski definition) is 9. The average Bonchev–Trinajstić information content (AvgIpc) is 3.76. The van der Waals surface area contributed by atoms with Crippen molar-refractivity contribution in [3.8, 4) is 0 Å². The highest BCUT2D eigenvalue weighted by Crippen LogP contribution is 2.40. The summed E-state index contributed by atoms with van der Waals surface area (Å²) in [6, 6.07) is 15.1. The summed E-state index contributed by atoms with van der Waals surface area (Å²) >= 11 is 0. The SMILES string of the molecule is COC(=O)[C@@H]1[C@@H](NC(=O)[C@@H](NC(=O)CNC(=O)OCc2ccccc2)C(C)C)[C@H]1C(=O)N[C@H](C(=O)OCc1ccccc1)C(C)C. The summed E-state index contributed by atoms with van der Waals surface area (Å²) in [7, 11) is 1.17. The van der Waals surface area contributed by atoms with Gasteiger partial charge in [0.1, 0.15) is 31.8 Å². The van der Waals surface area contributed by atoms with Gasteiger partial charge in [0.2, 0.25) is 17.7 Å². The first-order valence-electron chi connectivity index (χ1n) is 15.1. The molecule has 4 amide bonds. The van der Waals surface area contributed by atoms with Gasteiger partial charge in [-0.15, -0.1) is 0 Å². The summed E-state index contributed by atoms with van der Waals surface area (Å²) in [4.78, 5) is 76.5. The van der Waals surface area contributed by atoms with Crippen LogP contribution in [0.25, 0.3) is 0 Å².